The number of carbonyl (C=O) groups is 1. The molecule has 0 aliphatic heterocycles. The number of hydrogen-bond acceptors (Lipinski definition) is 3. The Balaban J connectivity index is 2.00. The number of nitrogens with zero attached hydrogens (tertiary/aromatic N) is 2. The van der Waals surface area contributed by atoms with Crippen LogP contribution in [0.1, 0.15) is 51.3 Å². The van der Waals surface area contributed by atoms with Crippen LogP contribution in [0.3, 0.4) is 0 Å². The summed E-state index contributed by atoms with van der Waals surface area (Å²) in [6.45, 7) is 3.81. The molecule has 0 atom stereocenters. The number of nitrogens with one attached hydrogen (secondary N) is 1. The molecule has 4 heteroatoms. The van der Waals surface area contributed by atoms with E-state index in [1.54, 1.807) is 0 Å². The van der Waals surface area contributed by atoms with Crippen molar-refractivity contribution in [2.24, 2.45) is 0 Å². The monoisotopic (exact) mass is 249 g/mol. The summed E-state index contributed by atoms with van der Waals surface area (Å²) in [5.74, 6) is 0.182. The van der Waals surface area contributed by atoms with E-state index in [0.29, 0.717) is 12.5 Å². The Morgan fingerprint density at radius 3 is 2.78 bits per heavy atom. The molecule has 1 aliphatic carbocycles. The molecule has 1 saturated carbocycles. The third kappa shape index (κ3) is 2.80. The van der Waals surface area contributed by atoms with Gasteiger partial charge in [0.05, 0.1) is 23.7 Å². The smallest absolute Gasteiger partial charge is 0.158 e. The number of carbonyl (C=O) groups excluding carboxylic acids is 1. The van der Waals surface area contributed by atoms with Crippen LogP contribution in [0, 0.1) is 0 Å². The van der Waals surface area contributed by atoms with E-state index in [0.717, 1.165) is 5.69 Å². The van der Waals surface area contributed by atoms with Gasteiger partial charge in [-0.2, -0.15) is 5.10 Å². The van der Waals surface area contributed by atoms with Crippen molar-refractivity contribution < 1.29 is 4.79 Å². The lowest BCUT2D eigenvalue weighted by atomic mass is 9.96. The van der Waals surface area contributed by atoms with E-state index >= 15 is 0 Å². The Labute approximate surface area is 109 Å². The highest BCUT2D eigenvalue weighted by Crippen LogP contribution is 2.28. The van der Waals surface area contributed by atoms with Gasteiger partial charge in [-0.25, -0.2) is 0 Å². The maximum atomic E-state index is 12.1. The summed E-state index contributed by atoms with van der Waals surface area (Å²) in [5, 5.41) is 7.59. The molecule has 0 saturated heterocycles. The van der Waals surface area contributed by atoms with Crippen molar-refractivity contribution in [2.45, 2.75) is 57.5 Å². The minimum Gasteiger partial charge on any atom is -0.308 e. The predicted molar refractivity (Wildman–Crippen MR) is 71.6 cm³/mol. The third-order valence-corrected chi connectivity index (χ3v) is 4.03. The zero-order valence-corrected chi connectivity index (χ0v) is 11.6. The number of hydrogen-bond donors (Lipinski definition) is 1. The third-order valence-electron chi connectivity index (χ3n) is 4.03. The first-order valence-corrected chi connectivity index (χ1v) is 6.79. The molecule has 0 aromatic carbocycles. The molecule has 4 nitrogen and oxygen atoms in total. The second kappa shape index (κ2) is 5.22. The topological polar surface area (TPSA) is 46.9 Å². The number of Topliss-reactive ketones (excluding diaryl/α,β-unsaturated/α-hetero) is 1. The number of aromatic nitrogens is 2. The van der Waals surface area contributed by atoms with Gasteiger partial charge >= 0.3 is 0 Å². The molecule has 18 heavy (non-hydrogen) atoms. The summed E-state index contributed by atoms with van der Waals surface area (Å²) in [7, 11) is 1.81. The van der Waals surface area contributed by atoms with Crippen LogP contribution in [-0.4, -0.2) is 28.2 Å². The quantitative estimate of drug-likeness (QED) is 0.869. The van der Waals surface area contributed by atoms with Crippen molar-refractivity contribution >= 4 is 5.78 Å². The molecule has 1 aliphatic rings. The summed E-state index contributed by atoms with van der Waals surface area (Å²) in [6, 6.07) is 2.52. The Kier molecular flexibility index (Phi) is 3.85. The van der Waals surface area contributed by atoms with E-state index in [1.807, 2.05) is 37.8 Å². The van der Waals surface area contributed by atoms with Crippen molar-refractivity contribution in [3.05, 3.63) is 18.0 Å². The van der Waals surface area contributed by atoms with Gasteiger partial charge in [0, 0.05) is 6.20 Å². The first-order valence-electron chi connectivity index (χ1n) is 6.79. The summed E-state index contributed by atoms with van der Waals surface area (Å²) in [5.41, 5.74) is 0.409. The molecule has 100 valence electrons. The second-order valence-corrected chi connectivity index (χ2v) is 5.70. The minimum atomic E-state index is -0.475. The number of rotatable bonds is 5. The zero-order chi connectivity index (χ0) is 13.2. The Bertz CT molecular complexity index is 416. The molecule has 1 aromatic rings. The lowest BCUT2D eigenvalue weighted by Gasteiger charge is -2.21. The van der Waals surface area contributed by atoms with Gasteiger partial charge in [-0.05, 0) is 39.8 Å². The Hall–Kier alpha value is -1.16. The minimum absolute atomic E-state index is 0.182. The van der Waals surface area contributed by atoms with E-state index in [4.69, 9.17) is 0 Å². The van der Waals surface area contributed by atoms with Crippen molar-refractivity contribution in [2.75, 3.05) is 7.05 Å². The van der Waals surface area contributed by atoms with E-state index in [-0.39, 0.29) is 5.78 Å². The highest BCUT2D eigenvalue weighted by molar-refractivity contribution is 5.89. The van der Waals surface area contributed by atoms with Gasteiger partial charge in [0.2, 0.25) is 0 Å². The summed E-state index contributed by atoms with van der Waals surface area (Å²) in [4.78, 5) is 12.1. The predicted octanol–water partition coefficient (Wildman–Crippen LogP) is 2.11. The molecule has 0 amide bonds. The molecular formula is C14H23N3O. The molecule has 0 bridgehead atoms. The summed E-state index contributed by atoms with van der Waals surface area (Å²) in [6.07, 6.45) is 7.46. The first-order chi connectivity index (χ1) is 8.53. The molecule has 0 unspecified atom stereocenters. The molecule has 1 fully saturated rings. The van der Waals surface area contributed by atoms with Gasteiger partial charge in [-0.1, -0.05) is 12.8 Å². The lowest BCUT2D eigenvalue weighted by molar-refractivity contribution is -0.123. The van der Waals surface area contributed by atoms with Crippen molar-refractivity contribution in [3.8, 4) is 0 Å². The molecule has 1 aromatic heterocycles. The van der Waals surface area contributed by atoms with E-state index in [9.17, 15) is 4.79 Å². The van der Waals surface area contributed by atoms with Gasteiger partial charge in [-0.3, -0.25) is 9.48 Å². The largest absolute Gasteiger partial charge is 0.308 e. The van der Waals surface area contributed by atoms with Crippen LogP contribution in [0.4, 0.5) is 0 Å². The van der Waals surface area contributed by atoms with Gasteiger partial charge in [0.15, 0.2) is 5.78 Å². The van der Waals surface area contributed by atoms with Crippen LogP contribution >= 0.6 is 0 Å². The lowest BCUT2D eigenvalue weighted by Crippen LogP contribution is -2.45. The fraction of sp³-hybridized carbons (Fsp3) is 0.714. The molecular weight excluding hydrogens is 226 g/mol. The highest BCUT2D eigenvalue weighted by atomic mass is 16.1. The van der Waals surface area contributed by atoms with Gasteiger partial charge in [0.25, 0.3) is 0 Å². The van der Waals surface area contributed by atoms with Crippen molar-refractivity contribution in [1.82, 2.24) is 15.1 Å². The average molecular weight is 249 g/mol. The molecule has 2 rings (SSSR count). The fourth-order valence-corrected chi connectivity index (χ4v) is 2.37. The van der Waals surface area contributed by atoms with Crippen molar-refractivity contribution in [1.29, 1.82) is 0 Å². The second-order valence-electron chi connectivity index (χ2n) is 5.70. The first kappa shape index (κ1) is 13.3. The normalized spacial score (nSPS) is 17.3. The van der Waals surface area contributed by atoms with Crippen LogP contribution in [0.5, 0.6) is 0 Å². The van der Waals surface area contributed by atoms with E-state index in [1.165, 1.54) is 25.7 Å². The number of ketones is 1. The van der Waals surface area contributed by atoms with Gasteiger partial charge in [-0.15, -0.1) is 0 Å². The van der Waals surface area contributed by atoms with E-state index in [2.05, 4.69) is 10.4 Å². The van der Waals surface area contributed by atoms with Crippen LogP contribution in [0.15, 0.2) is 12.3 Å². The fourth-order valence-electron chi connectivity index (χ4n) is 2.37. The van der Waals surface area contributed by atoms with Gasteiger partial charge in [0.1, 0.15) is 0 Å². The Morgan fingerprint density at radius 2 is 2.17 bits per heavy atom. The van der Waals surface area contributed by atoms with Crippen molar-refractivity contribution in [3.63, 3.8) is 0 Å². The standard InChI is InChI=1S/C14H23N3O/c1-14(2,15-3)13(18)10-11-8-9-17(16-11)12-6-4-5-7-12/h8-9,12,15H,4-7,10H2,1-3H3. The van der Waals surface area contributed by atoms with Gasteiger partial charge < -0.3 is 5.32 Å². The van der Waals surface area contributed by atoms with Crippen LogP contribution in [0.2, 0.25) is 0 Å². The maximum Gasteiger partial charge on any atom is 0.158 e. The molecule has 0 spiro atoms. The number of likely N-dealkylation sites (N-methyl/N-ethyl adjacent to an activating group) is 1. The van der Waals surface area contributed by atoms with Crippen LogP contribution < -0.4 is 5.32 Å². The SMILES string of the molecule is CNC(C)(C)C(=O)Cc1ccn(C2CCCC2)n1. The molecule has 1 heterocycles. The van der Waals surface area contributed by atoms with E-state index < -0.39 is 5.54 Å². The van der Waals surface area contributed by atoms with Crippen LogP contribution in [0.25, 0.3) is 0 Å². The summed E-state index contributed by atoms with van der Waals surface area (Å²) >= 11 is 0. The van der Waals surface area contributed by atoms with Crippen LogP contribution in [-0.2, 0) is 11.2 Å². The highest BCUT2D eigenvalue weighted by Gasteiger charge is 2.26. The summed E-state index contributed by atoms with van der Waals surface area (Å²) < 4.78 is 2.04. The maximum absolute atomic E-state index is 12.1. The zero-order valence-electron chi connectivity index (χ0n) is 11.6. The average Bonchev–Trinajstić information content (AvgIpc) is 2.98. The molecule has 0 radical (unpaired) electrons. The molecule has 1 N–H and O–H groups in total. The Morgan fingerprint density at radius 1 is 1.50 bits per heavy atom.